The molecule has 0 saturated heterocycles. The summed E-state index contributed by atoms with van der Waals surface area (Å²) < 4.78 is 44.8. The van der Waals surface area contributed by atoms with E-state index in [1.807, 2.05) is 0 Å². The summed E-state index contributed by atoms with van der Waals surface area (Å²) in [5.41, 5.74) is 9.09. The van der Waals surface area contributed by atoms with Gasteiger partial charge in [-0.2, -0.15) is 4.79 Å². The Labute approximate surface area is 99.4 Å². The third-order valence-corrected chi connectivity index (χ3v) is 4.03. The molecule has 8 heteroatoms. The quantitative estimate of drug-likeness (QED) is 0.340. The second-order valence-electron chi connectivity index (χ2n) is 3.48. The van der Waals surface area contributed by atoms with Crippen LogP contribution in [0.15, 0.2) is 29.2 Å². The van der Waals surface area contributed by atoms with Crippen molar-refractivity contribution in [2.24, 2.45) is 0 Å². The molecule has 92 valence electrons. The van der Waals surface area contributed by atoms with E-state index in [-0.39, 0.29) is 10.6 Å². The number of hydrogen-bond acceptors (Lipinski definition) is 4. The van der Waals surface area contributed by atoms with Crippen LogP contribution >= 0.6 is 0 Å². The van der Waals surface area contributed by atoms with Crippen LogP contribution in [-0.2, 0) is 25.4 Å². The summed E-state index contributed by atoms with van der Waals surface area (Å²) in [7, 11) is -6.91. The second-order valence-corrected chi connectivity index (χ2v) is 7.39. The first-order chi connectivity index (χ1) is 7.74. The minimum absolute atomic E-state index is 0.0625. The highest BCUT2D eigenvalue weighted by molar-refractivity contribution is 8.04. The molecule has 0 aliphatic heterocycles. The summed E-state index contributed by atoms with van der Waals surface area (Å²) >= 11 is 0. The van der Waals surface area contributed by atoms with E-state index in [2.05, 4.69) is 4.79 Å². The fraction of sp³-hybridized carbons (Fsp3) is 0.222. The molecule has 0 atom stereocenters. The number of nitrogens with zero attached hydrogens (tertiary/aromatic N) is 2. The molecule has 0 amide bonds. The maximum Gasteiger partial charge on any atom is 0.374 e. The van der Waals surface area contributed by atoms with E-state index < -0.39 is 19.7 Å². The van der Waals surface area contributed by atoms with Crippen LogP contribution in [0.25, 0.3) is 5.53 Å². The SMILES string of the molecule is CS(=O)(=O)Cc1ccc(S(=O)(=O)C=[N+]=[N-])cc1. The van der Waals surface area contributed by atoms with Gasteiger partial charge in [0.15, 0.2) is 9.84 Å². The highest BCUT2D eigenvalue weighted by atomic mass is 32.2. The van der Waals surface area contributed by atoms with Gasteiger partial charge in [0.2, 0.25) is 0 Å². The summed E-state index contributed by atoms with van der Waals surface area (Å²) in [5.74, 6) is -0.151. The van der Waals surface area contributed by atoms with Crippen molar-refractivity contribution >= 4 is 25.2 Å². The Kier molecular flexibility index (Phi) is 3.82. The highest BCUT2D eigenvalue weighted by Gasteiger charge is 2.16. The Balaban J connectivity index is 3.09. The number of benzene rings is 1. The molecule has 1 aromatic rings. The van der Waals surface area contributed by atoms with Crippen LogP contribution in [-0.4, -0.2) is 33.4 Å². The molecule has 17 heavy (non-hydrogen) atoms. The average Bonchev–Trinajstić information content (AvgIpc) is 2.15. The van der Waals surface area contributed by atoms with E-state index >= 15 is 0 Å². The van der Waals surface area contributed by atoms with Crippen molar-refractivity contribution in [1.82, 2.24) is 0 Å². The molecule has 0 saturated carbocycles. The monoisotopic (exact) mass is 274 g/mol. The maximum absolute atomic E-state index is 11.4. The zero-order chi connectivity index (χ0) is 13.1. The predicted molar refractivity (Wildman–Crippen MR) is 61.9 cm³/mol. The van der Waals surface area contributed by atoms with Crippen molar-refractivity contribution in [3.05, 3.63) is 35.4 Å². The smallest absolute Gasteiger partial charge is 0.361 e. The van der Waals surface area contributed by atoms with Crippen LogP contribution in [0.2, 0.25) is 0 Å². The van der Waals surface area contributed by atoms with Gasteiger partial charge in [-0.25, -0.2) is 16.8 Å². The van der Waals surface area contributed by atoms with Crippen LogP contribution in [0.1, 0.15) is 5.56 Å². The molecular formula is C9H10N2O4S2. The summed E-state index contributed by atoms with van der Waals surface area (Å²) in [6.45, 7) is 0. The van der Waals surface area contributed by atoms with E-state index in [0.29, 0.717) is 11.1 Å². The Hall–Kier alpha value is -1.50. The number of rotatable bonds is 4. The molecular weight excluding hydrogens is 264 g/mol. The van der Waals surface area contributed by atoms with Gasteiger partial charge in [-0.15, -0.1) is 0 Å². The van der Waals surface area contributed by atoms with Gasteiger partial charge in [0.25, 0.3) is 9.84 Å². The van der Waals surface area contributed by atoms with Crippen molar-refractivity contribution in [2.45, 2.75) is 10.6 Å². The largest absolute Gasteiger partial charge is 0.374 e. The standard InChI is InChI=1S/C9H10N2O4S2/c1-16(12,13)6-8-2-4-9(5-3-8)17(14,15)7-11-10/h2-5,7H,6H2,1H3. The first kappa shape index (κ1) is 13.6. The lowest BCUT2D eigenvalue weighted by Gasteiger charge is -2.00. The number of sulfone groups is 2. The van der Waals surface area contributed by atoms with Gasteiger partial charge in [-0.05, 0) is 17.7 Å². The van der Waals surface area contributed by atoms with Crippen molar-refractivity contribution < 1.29 is 21.6 Å². The van der Waals surface area contributed by atoms with E-state index in [4.69, 9.17) is 5.53 Å². The zero-order valence-corrected chi connectivity index (χ0v) is 10.6. The molecule has 0 N–H and O–H groups in total. The minimum atomic E-state index is -3.76. The molecule has 0 aromatic heterocycles. The first-order valence-electron chi connectivity index (χ1n) is 4.44. The normalized spacial score (nSPS) is 11.8. The van der Waals surface area contributed by atoms with E-state index in [9.17, 15) is 16.8 Å². The molecule has 0 bridgehead atoms. The third-order valence-electron chi connectivity index (χ3n) is 1.87. The predicted octanol–water partition coefficient (Wildman–Crippen LogP) is 0.263. The first-order valence-corrected chi connectivity index (χ1v) is 8.04. The Morgan fingerprint density at radius 1 is 1.18 bits per heavy atom. The minimum Gasteiger partial charge on any atom is -0.361 e. The van der Waals surface area contributed by atoms with Crippen molar-refractivity contribution in [3.8, 4) is 0 Å². The Morgan fingerprint density at radius 2 is 1.71 bits per heavy atom. The summed E-state index contributed by atoms with van der Waals surface area (Å²) in [5, 5.41) is 0. The van der Waals surface area contributed by atoms with Gasteiger partial charge in [0.1, 0.15) is 0 Å². The third kappa shape index (κ3) is 4.10. The Morgan fingerprint density at radius 3 is 2.12 bits per heavy atom. The van der Waals surface area contributed by atoms with Crippen molar-refractivity contribution in [3.63, 3.8) is 0 Å². The summed E-state index contributed by atoms with van der Waals surface area (Å²) in [4.78, 5) is 2.39. The lowest BCUT2D eigenvalue weighted by atomic mass is 10.2. The van der Waals surface area contributed by atoms with Gasteiger partial charge in [0, 0.05) is 6.26 Å². The molecule has 1 aromatic carbocycles. The molecule has 1 rings (SSSR count). The fourth-order valence-corrected chi connectivity index (χ4v) is 2.76. The van der Waals surface area contributed by atoms with Crippen molar-refractivity contribution in [2.75, 3.05) is 6.26 Å². The van der Waals surface area contributed by atoms with Crippen LogP contribution in [0.5, 0.6) is 0 Å². The van der Waals surface area contributed by atoms with Crippen LogP contribution in [0.3, 0.4) is 0 Å². The van der Waals surface area contributed by atoms with Gasteiger partial charge >= 0.3 is 5.55 Å². The van der Waals surface area contributed by atoms with Gasteiger partial charge < -0.3 is 5.53 Å². The molecule has 6 nitrogen and oxygen atoms in total. The number of hydrogen-bond donors (Lipinski definition) is 0. The van der Waals surface area contributed by atoms with Gasteiger partial charge in [-0.1, -0.05) is 12.1 Å². The van der Waals surface area contributed by atoms with E-state index in [1.165, 1.54) is 24.3 Å². The van der Waals surface area contributed by atoms with Crippen LogP contribution < -0.4 is 0 Å². The topological polar surface area (TPSA) is 105 Å². The highest BCUT2D eigenvalue weighted by Crippen LogP contribution is 2.12. The van der Waals surface area contributed by atoms with E-state index in [0.717, 1.165) is 6.26 Å². The maximum atomic E-state index is 11.4. The van der Waals surface area contributed by atoms with Crippen LogP contribution in [0.4, 0.5) is 0 Å². The molecule has 0 radical (unpaired) electrons. The lowest BCUT2D eigenvalue weighted by Crippen LogP contribution is -2.04. The molecule has 0 fully saturated rings. The van der Waals surface area contributed by atoms with E-state index in [1.54, 1.807) is 0 Å². The molecule has 0 unspecified atom stereocenters. The summed E-state index contributed by atoms with van der Waals surface area (Å²) in [6, 6.07) is 5.33. The second kappa shape index (κ2) is 4.79. The van der Waals surface area contributed by atoms with Crippen molar-refractivity contribution in [1.29, 1.82) is 0 Å². The van der Waals surface area contributed by atoms with Crippen LogP contribution in [0, 0.1) is 0 Å². The summed E-state index contributed by atoms with van der Waals surface area (Å²) in [6.07, 6.45) is 1.09. The Bertz CT molecular complexity index is 653. The lowest BCUT2D eigenvalue weighted by molar-refractivity contribution is 0.00754. The zero-order valence-electron chi connectivity index (χ0n) is 8.94. The fourth-order valence-electron chi connectivity index (χ4n) is 1.20. The molecule has 0 spiro atoms. The molecule has 0 heterocycles. The molecule has 0 aliphatic rings. The average molecular weight is 274 g/mol. The van der Waals surface area contributed by atoms with Gasteiger partial charge in [0.05, 0.1) is 10.6 Å². The van der Waals surface area contributed by atoms with Gasteiger partial charge in [-0.3, -0.25) is 0 Å². The molecule has 0 aliphatic carbocycles.